The van der Waals surface area contributed by atoms with Gasteiger partial charge >= 0.3 is 0 Å². The van der Waals surface area contributed by atoms with Gasteiger partial charge in [-0.25, -0.2) is 0 Å². The lowest BCUT2D eigenvalue weighted by molar-refractivity contribution is -0.530. The summed E-state index contributed by atoms with van der Waals surface area (Å²) in [5.74, 6) is 0.313. The first-order chi connectivity index (χ1) is 7.34. The minimum Gasteiger partial charge on any atom is -0.386 e. The van der Waals surface area contributed by atoms with Crippen molar-refractivity contribution < 1.29 is 10.0 Å². The fourth-order valence-electron chi connectivity index (χ4n) is 1.52. The summed E-state index contributed by atoms with van der Waals surface area (Å²) in [5, 5.41) is 20.1. The fourth-order valence-corrected chi connectivity index (χ4v) is 1.52. The summed E-state index contributed by atoms with van der Waals surface area (Å²) < 4.78 is 0. The summed E-state index contributed by atoms with van der Waals surface area (Å²) in [6.45, 7) is 7.57. The molecule has 3 unspecified atom stereocenters. The maximum Gasteiger partial charge on any atom is 0.235 e. The molecule has 94 valence electrons. The minimum atomic E-state index is -0.870. The van der Waals surface area contributed by atoms with Crippen molar-refractivity contribution in [3.05, 3.63) is 21.8 Å². The Morgan fingerprint density at radius 1 is 1.44 bits per heavy atom. The molecule has 0 saturated carbocycles. The molecule has 4 heteroatoms. The van der Waals surface area contributed by atoms with Gasteiger partial charge in [-0.1, -0.05) is 18.6 Å². The van der Waals surface area contributed by atoms with Gasteiger partial charge in [-0.3, -0.25) is 10.1 Å². The van der Waals surface area contributed by atoms with E-state index in [4.69, 9.17) is 0 Å². The predicted octanol–water partition coefficient (Wildman–Crippen LogP) is 2.79. The van der Waals surface area contributed by atoms with Gasteiger partial charge in [0.05, 0.1) is 0 Å². The molecular formula is C12H23NO3. The minimum absolute atomic E-state index is 0.313. The zero-order valence-electron chi connectivity index (χ0n) is 10.6. The fraction of sp³-hybridized carbons (Fsp3) is 0.833. The van der Waals surface area contributed by atoms with Crippen LogP contribution in [0.25, 0.3) is 0 Å². The van der Waals surface area contributed by atoms with E-state index in [-0.39, 0.29) is 0 Å². The molecule has 0 aliphatic heterocycles. The molecule has 4 nitrogen and oxygen atoms in total. The van der Waals surface area contributed by atoms with E-state index < -0.39 is 17.1 Å². The molecule has 0 rings (SSSR count). The Balaban J connectivity index is 3.91. The van der Waals surface area contributed by atoms with Crippen LogP contribution < -0.4 is 0 Å². The summed E-state index contributed by atoms with van der Waals surface area (Å²) in [5.41, 5.74) is 1.28. The van der Waals surface area contributed by atoms with E-state index in [1.54, 1.807) is 0 Å². The van der Waals surface area contributed by atoms with Crippen molar-refractivity contribution >= 4 is 0 Å². The van der Waals surface area contributed by atoms with Gasteiger partial charge < -0.3 is 5.11 Å². The first kappa shape index (κ1) is 15.1. The van der Waals surface area contributed by atoms with Crippen LogP contribution in [-0.2, 0) is 0 Å². The average molecular weight is 229 g/mol. The van der Waals surface area contributed by atoms with Gasteiger partial charge in [0.1, 0.15) is 6.10 Å². The molecule has 0 radical (unpaired) electrons. The Kier molecular flexibility index (Phi) is 6.97. The highest BCUT2D eigenvalue weighted by Crippen LogP contribution is 2.16. The van der Waals surface area contributed by atoms with E-state index in [2.05, 4.69) is 6.08 Å². The number of aliphatic hydroxyl groups is 1. The molecule has 0 aromatic heterocycles. The van der Waals surface area contributed by atoms with Crippen LogP contribution in [0.4, 0.5) is 0 Å². The zero-order valence-corrected chi connectivity index (χ0v) is 10.6. The first-order valence-corrected chi connectivity index (χ1v) is 5.79. The molecule has 16 heavy (non-hydrogen) atoms. The highest BCUT2D eigenvalue weighted by molar-refractivity contribution is 4.92. The highest BCUT2D eigenvalue weighted by atomic mass is 16.6. The van der Waals surface area contributed by atoms with E-state index in [1.807, 2.05) is 20.8 Å². The van der Waals surface area contributed by atoms with Crippen molar-refractivity contribution in [2.75, 3.05) is 0 Å². The molecule has 3 atom stereocenters. The van der Waals surface area contributed by atoms with Gasteiger partial charge in [0.15, 0.2) is 0 Å². The lowest BCUT2D eigenvalue weighted by Crippen LogP contribution is -2.31. The molecule has 1 N–H and O–H groups in total. The molecule has 0 aliphatic rings. The molecule has 0 aliphatic carbocycles. The monoisotopic (exact) mass is 229 g/mol. The Morgan fingerprint density at radius 2 is 2.00 bits per heavy atom. The average Bonchev–Trinajstić information content (AvgIpc) is 2.15. The van der Waals surface area contributed by atoms with Crippen molar-refractivity contribution in [1.82, 2.24) is 0 Å². The number of hydrogen-bond donors (Lipinski definition) is 1. The number of nitro groups is 1. The Morgan fingerprint density at radius 3 is 2.44 bits per heavy atom. The quantitative estimate of drug-likeness (QED) is 0.415. The van der Waals surface area contributed by atoms with Crippen molar-refractivity contribution in [3.8, 4) is 0 Å². The third-order valence-electron chi connectivity index (χ3n) is 2.75. The van der Waals surface area contributed by atoms with Crippen molar-refractivity contribution in [1.29, 1.82) is 0 Å². The largest absolute Gasteiger partial charge is 0.386 e. The summed E-state index contributed by atoms with van der Waals surface area (Å²) in [4.78, 5) is 10.0. The van der Waals surface area contributed by atoms with E-state index in [1.165, 1.54) is 12.5 Å². The van der Waals surface area contributed by atoms with Crippen LogP contribution in [0.2, 0.25) is 0 Å². The van der Waals surface area contributed by atoms with E-state index in [0.29, 0.717) is 12.3 Å². The first-order valence-electron chi connectivity index (χ1n) is 5.79. The second-order valence-electron chi connectivity index (χ2n) is 4.79. The predicted molar refractivity (Wildman–Crippen MR) is 64.9 cm³/mol. The number of allylic oxidation sites excluding steroid dienone is 2. The lowest BCUT2D eigenvalue weighted by Gasteiger charge is -2.16. The smallest absolute Gasteiger partial charge is 0.235 e. The molecule has 0 aromatic rings. The third kappa shape index (κ3) is 6.56. The lowest BCUT2D eigenvalue weighted by atomic mass is 9.95. The van der Waals surface area contributed by atoms with Gasteiger partial charge in [-0.15, -0.1) is 0 Å². The van der Waals surface area contributed by atoms with Crippen molar-refractivity contribution in [3.63, 3.8) is 0 Å². The van der Waals surface area contributed by atoms with Crippen molar-refractivity contribution in [2.45, 2.75) is 59.1 Å². The van der Waals surface area contributed by atoms with Gasteiger partial charge in [0, 0.05) is 11.8 Å². The summed E-state index contributed by atoms with van der Waals surface area (Å²) in [7, 11) is 0. The van der Waals surface area contributed by atoms with Crippen LogP contribution in [0.1, 0.15) is 47.0 Å². The maximum atomic E-state index is 10.5. The Labute approximate surface area is 97.5 Å². The normalized spacial score (nSPS) is 16.3. The summed E-state index contributed by atoms with van der Waals surface area (Å²) in [6.07, 6.45) is 3.76. The van der Waals surface area contributed by atoms with Gasteiger partial charge in [-0.05, 0) is 39.0 Å². The molecular weight excluding hydrogens is 206 g/mol. The summed E-state index contributed by atoms with van der Waals surface area (Å²) >= 11 is 0. The zero-order chi connectivity index (χ0) is 12.7. The number of rotatable bonds is 7. The number of nitrogens with zero attached hydrogens (tertiary/aromatic N) is 1. The number of hydrogen-bond acceptors (Lipinski definition) is 3. The van der Waals surface area contributed by atoms with E-state index in [0.717, 1.165) is 12.8 Å². The van der Waals surface area contributed by atoms with Gasteiger partial charge in [0.2, 0.25) is 6.04 Å². The van der Waals surface area contributed by atoms with Gasteiger partial charge in [-0.2, -0.15) is 0 Å². The SMILES string of the molecule is CC(C)=CCCC(C)CC(O)C(C)[N+](=O)[O-]. The van der Waals surface area contributed by atoms with Crippen LogP contribution in [-0.4, -0.2) is 22.2 Å². The molecule has 0 saturated heterocycles. The van der Waals surface area contributed by atoms with Crippen LogP contribution in [0.15, 0.2) is 11.6 Å². The number of aliphatic hydroxyl groups excluding tert-OH is 1. The van der Waals surface area contributed by atoms with Crippen LogP contribution in [0, 0.1) is 16.0 Å². The second-order valence-corrected chi connectivity index (χ2v) is 4.79. The summed E-state index contributed by atoms with van der Waals surface area (Å²) in [6, 6.07) is -0.870. The standard InChI is InChI=1S/C12H23NO3/c1-9(2)6-5-7-10(3)8-12(14)11(4)13(15)16/h6,10-12,14H,5,7-8H2,1-4H3. The Hall–Kier alpha value is -0.900. The molecule has 0 heterocycles. The van der Waals surface area contributed by atoms with E-state index in [9.17, 15) is 15.2 Å². The van der Waals surface area contributed by atoms with Crippen LogP contribution in [0.5, 0.6) is 0 Å². The Bertz CT molecular complexity index is 247. The van der Waals surface area contributed by atoms with Crippen LogP contribution >= 0.6 is 0 Å². The molecule has 0 bridgehead atoms. The molecule has 0 aromatic carbocycles. The molecule has 0 amide bonds. The topological polar surface area (TPSA) is 63.4 Å². The third-order valence-corrected chi connectivity index (χ3v) is 2.75. The second kappa shape index (κ2) is 7.39. The van der Waals surface area contributed by atoms with Crippen molar-refractivity contribution in [2.24, 2.45) is 5.92 Å². The van der Waals surface area contributed by atoms with Crippen LogP contribution in [0.3, 0.4) is 0 Å². The molecule has 0 fully saturated rings. The van der Waals surface area contributed by atoms with E-state index >= 15 is 0 Å². The van der Waals surface area contributed by atoms with Gasteiger partial charge in [0.25, 0.3) is 0 Å². The molecule has 0 spiro atoms. The maximum absolute atomic E-state index is 10.5. The highest BCUT2D eigenvalue weighted by Gasteiger charge is 2.25.